The average molecular weight is 405 g/mol. The SMILES string of the molecule is CCNC(=NCC(CCO)CC(C)C)NC1CCCN(c2cccc(OC)c2)C1. The molecule has 1 fully saturated rings. The van der Waals surface area contributed by atoms with E-state index < -0.39 is 0 Å². The molecule has 6 heteroatoms. The second-order valence-electron chi connectivity index (χ2n) is 8.36. The lowest BCUT2D eigenvalue weighted by Gasteiger charge is -2.35. The van der Waals surface area contributed by atoms with Crippen molar-refractivity contribution < 1.29 is 9.84 Å². The van der Waals surface area contributed by atoms with Crippen LogP contribution in [0.15, 0.2) is 29.3 Å². The molecule has 1 aliphatic rings. The van der Waals surface area contributed by atoms with Crippen LogP contribution in [0.4, 0.5) is 5.69 Å². The number of hydrogen-bond donors (Lipinski definition) is 3. The third kappa shape index (κ3) is 8.13. The first-order valence-electron chi connectivity index (χ1n) is 11.1. The molecule has 1 aliphatic heterocycles. The maximum atomic E-state index is 9.36. The van der Waals surface area contributed by atoms with Crippen molar-refractivity contribution in [1.82, 2.24) is 10.6 Å². The molecule has 3 N–H and O–H groups in total. The predicted molar refractivity (Wildman–Crippen MR) is 122 cm³/mol. The number of piperidine rings is 1. The van der Waals surface area contributed by atoms with Crippen LogP contribution in [0.3, 0.4) is 0 Å². The van der Waals surface area contributed by atoms with Gasteiger partial charge in [-0.25, -0.2) is 0 Å². The van der Waals surface area contributed by atoms with E-state index in [-0.39, 0.29) is 6.61 Å². The number of nitrogens with one attached hydrogen (secondary N) is 2. The van der Waals surface area contributed by atoms with Gasteiger partial charge in [-0.2, -0.15) is 0 Å². The van der Waals surface area contributed by atoms with E-state index in [4.69, 9.17) is 9.73 Å². The summed E-state index contributed by atoms with van der Waals surface area (Å²) in [6, 6.07) is 8.64. The maximum Gasteiger partial charge on any atom is 0.191 e. The number of benzene rings is 1. The molecule has 2 rings (SSSR count). The molecule has 2 atom stereocenters. The molecule has 0 aromatic heterocycles. The summed E-state index contributed by atoms with van der Waals surface area (Å²) in [4.78, 5) is 7.27. The lowest BCUT2D eigenvalue weighted by Crippen LogP contribution is -2.51. The van der Waals surface area contributed by atoms with Gasteiger partial charge in [0.15, 0.2) is 5.96 Å². The summed E-state index contributed by atoms with van der Waals surface area (Å²) in [5.74, 6) is 2.83. The minimum Gasteiger partial charge on any atom is -0.497 e. The zero-order valence-corrected chi connectivity index (χ0v) is 18.7. The van der Waals surface area contributed by atoms with Gasteiger partial charge in [0.1, 0.15) is 5.75 Å². The summed E-state index contributed by atoms with van der Waals surface area (Å²) < 4.78 is 5.38. The largest absolute Gasteiger partial charge is 0.497 e. The van der Waals surface area contributed by atoms with Crippen LogP contribution in [0.2, 0.25) is 0 Å². The Balaban J connectivity index is 1.99. The molecule has 1 aromatic rings. The zero-order chi connectivity index (χ0) is 21.1. The van der Waals surface area contributed by atoms with Gasteiger partial charge in [0.25, 0.3) is 0 Å². The summed E-state index contributed by atoms with van der Waals surface area (Å²) in [5, 5.41) is 16.4. The lowest BCUT2D eigenvalue weighted by atomic mass is 9.94. The van der Waals surface area contributed by atoms with Crippen LogP contribution in [-0.2, 0) is 0 Å². The highest BCUT2D eigenvalue weighted by Crippen LogP contribution is 2.24. The number of methoxy groups -OCH3 is 1. The van der Waals surface area contributed by atoms with Crippen molar-refractivity contribution >= 4 is 11.6 Å². The van der Waals surface area contributed by atoms with E-state index in [0.29, 0.717) is 17.9 Å². The minimum absolute atomic E-state index is 0.231. The highest BCUT2D eigenvalue weighted by atomic mass is 16.5. The number of aliphatic hydroxyl groups is 1. The van der Waals surface area contributed by atoms with Crippen molar-refractivity contribution in [2.45, 2.75) is 52.5 Å². The molecule has 6 nitrogen and oxygen atoms in total. The summed E-state index contributed by atoms with van der Waals surface area (Å²) in [6.07, 6.45) is 4.19. The average Bonchev–Trinajstić information content (AvgIpc) is 2.72. The van der Waals surface area contributed by atoms with Crippen LogP contribution in [0.1, 0.15) is 46.5 Å². The fourth-order valence-corrected chi connectivity index (χ4v) is 4.00. The van der Waals surface area contributed by atoms with Crippen LogP contribution in [0, 0.1) is 11.8 Å². The first-order chi connectivity index (χ1) is 14.0. The lowest BCUT2D eigenvalue weighted by molar-refractivity contribution is 0.245. The smallest absolute Gasteiger partial charge is 0.191 e. The van der Waals surface area contributed by atoms with Crippen LogP contribution in [-0.4, -0.2) is 57.0 Å². The molecule has 1 heterocycles. The van der Waals surface area contributed by atoms with Crippen molar-refractivity contribution in [2.75, 3.05) is 44.8 Å². The Morgan fingerprint density at radius 1 is 1.38 bits per heavy atom. The minimum atomic E-state index is 0.231. The Kier molecular flexibility index (Phi) is 10.1. The Bertz CT molecular complexity index is 621. The zero-order valence-electron chi connectivity index (χ0n) is 18.7. The second-order valence-corrected chi connectivity index (χ2v) is 8.36. The van der Waals surface area contributed by atoms with E-state index in [0.717, 1.165) is 63.6 Å². The summed E-state index contributed by atoms with van der Waals surface area (Å²) in [7, 11) is 1.71. The topological polar surface area (TPSA) is 69.1 Å². The Morgan fingerprint density at radius 3 is 2.90 bits per heavy atom. The van der Waals surface area contributed by atoms with Gasteiger partial charge in [0.2, 0.25) is 0 Å². The number of ether oxygens (including phenoxy) is 1. The first kappa shape index (κ1) is 23.3. The van der Waals surface area contributed by atoms with Gasteiger partial charge in [-0.1, -0.05) is 19.9 Å². The molecule has 0 bridgehead atoms. The van der Waals surface area contributed by atoms with Gasteiger partial charge in [-0.15, -0.1) is 0 Å². The first-order valence-corrected chi connectivity index (χ1v) is 11.1. The van der Waals surface area contributed by atoms with Gasteiger partial charge < -0.3 is 25.4 Å². The number of guanidine groups is 1. The molecule has 0 spiro atoms. The van der Waals surface area contributed by atoms with E-state index in [1.807, 2.05) is 12.1 Å². The number of aliphatic imine (C=N–C) groups is 1. The number of nitrogens with zero attached hydrogens (tertiary/aromatic N) is 2. The fraction of sp³-hybridized carbons (Fsp3) is 0.696. The van der Waals surface area contributed by atoms with Crippen molar-refractivity contribution in [3.63, 3.8) is 0 Å². The molecular formula is C23H40N4O2. The molecule has 0 amide bonds. The summed E-state index contributed by atoms with van der Waals surface area (Å²) >= 11 is 0. The standard InChI is InChI=1S/C23H40N4O2/c1-5-24-23(25-16-19(11-13-28)14-18(2)3)26-20-8-7-12-27(17-20)21-9-6-10-22(15-21)29-4/h6,9-10,15,18-20,28H,5,7-8,11-14,16-17H2,1-4H3,(H2,24,25,26). The molecule has 0 radical (unpaired) electrons. The van der Waals surface area contributed by atoms with Crippen molar-refractivity contribution in [2.24, 2.45) is 16.8 Å². The van der Waals surface area contributed by atoms with E-state index >= 15 is 0 Å². The van der Waals surface area contributed by atoms with Crippen LogP contribution in [0.25, 0.3) is 0 Å². The van der Waals surface area contributed by atoms with Gasteiger partial charge in [0, 0.05) is 50.6 Å². The molecule has 1 saturated heterocycles. The van der Waals surface area contributed by atoms with E-state index in [2.05, 4.69) is 48.4 Å². The second kappa shape index (κ2) is 12.6. The van der Waals surface area contributed by atoms with E-state index in [1.165, 1.54) is 5.69 Å². The monoisotopic (exact) mass is 404 g/mol. The Hall–Kier alpha value is -1.95. The van der Waals surface area contributed by atoms with Crippen LogP contribution in [0.5, 0.6) is 5.75 Å². The van der Waals surface area contributed by atoms with Crippen LogP contribution >= 0.6 is 0 Å². The molecule has 164 valence electrons. The quantitative estimate of drug-likeness (QED) is 0.412. The maximum absolute atomic E-state index is 9.36. The molecule has 1 aromatic carbocycles. The van der Waals surface area contributed by atoms with Gasteiger partial charge in [0.05, 0.1) is 7.11 Å². The summed E-state index contributed by atoms with van der Waals surface area (Å²) in [5.41, 5.74) is 1.21. The number of hydrogen-bond acceptors (Lipinski definition) is 4. The predicted octanol–water partition coefficient (Wildman–Crippen LogP) is 3.26. The Labute approximate surface area is 176 Å². The van der Waals surface area contributed by atoms with Gasteiger partial charge >= 0.3 is 0 Å². The fourth-order valence-electron chi connectivity index (χ4n) is 4.00. The highest BCUT2D eigenvalue weighted by molar-refractivity contribution is 5.80. The highest BCUT2D eigenvalue weighted by Gasteiger charge is 2.21. The van der Waals surface area contributed by atoms with Gasteiger partial charge in [-0.05, 0) is 56.6 Å². The number of anilines is 1. The molecule has 0 saturated carbocycles. The van der Waals surface area contributed by atoms with E-state index in [9.17, 15) is 5.11 Å². The third-order valence-corrected chi connectivity index (χ3v) is 5.37. The van der Waals surface area contributed by atoms with E-state index in [1.54, 1.807) is 7.11 Å². The molecular weight excluding hydrogens is 364 g/mol. The van der Waals surface area contributed by atoms with Crippen LogP contribution < -0.4 is 20.3 Å². The van der Waals surface area contributed by atoms with Gasteiger partial charge in [-0.3, -0.25) is 4.99 Å². The van der Waals surface area contributed by atoms with Crippen molar-refractivity contribution in [1.29, 1.82) is 0 Å². The molecule has 0 aliphatic carbocycles. The van der Waals surface area contributed by atoms with Crippen molar-refractivity contribution in [3.05, 3.63) is 24.3 Å². The number of rotatable bonds is 10. The molecule has 2 unspecified atom stereocenters. The molecule has 29 heavy (non-hydrogen) atoms. The summed E-state index contributed by atoms with van der Waals surface area (Å²) in [6.45, 7) is 10.4. The Morgan fingerprint density at radius 2 is 2.21 bits per heavy atom. The van der Waals surface area contributed by atoms with Crippen molar-refractivity contribution in [3.8, 4) is 5.75 Å². The number of aliphatic hydroxyl groups excluding tert-OH is 1. The third-order valence-electron chi connectivity index (χ3n) is 5.37. The normalized spacial score (nSPS) is 18.6.